The number of rotatable bonds is 6. The summed E-state index contributed by atoms with van der Waals surface area (Å²) >= 11 is 0. The first-order chi connectivity index (χ1) is 9.79. The third kappa shape index (κ3) is 5.06. The molecule has 5 nitrogen and oxygen atoms in total. The van der Waals surface area contributed by atoms with Crippen LogP contribution in [0.2, 0.25) is 0 Å². The summed E-state index contributed by atoms with van der Waals surface area (Å²) in [7, 11) is 1.33. The van der Waals surface area contributed by atoms with Gasteiger partial charge in [-0.3, -0.25) is 4.79 Å². The van der Waals surface area contributed by atoms with Crippen molar-refractivity contribution in [2.24, 2.45) is 0 Å². The number of methoxy groups -OCH3 is 1. The Balaban J connectivity index is 2.58. The average Bonchev–Trinajstić information content (AvgIpc) is 2.44. The van der Waals surface area contributed by atoms with E-state index in [0.717, 1.165) is 12.5 Å². The molecule has 6 heteroatoms. The van der Waals surface area contributed by atoms with E-state index in [1.54, 1.807) is 0 Å². The Bertz CT molecular complexity index is 528. The van der Waals surface area contributed by atoms with Crippen LogP contribution in [0.1, 0.15) is 37.6 Å². The first-order valence-corrected chi connectivity index (χ1v) is 6.60. The maximum atomic E-state index is 13.5. The van der Waals surface area contributed by atoms with Gasteiger partial charge in [-0.2, -0.15) is 0 Å². The third-order valence-electron chi connectivity index (χ3n) is 3.08. The molecule has 0 spiro atoms. The number of nitrogens with one attached hydrogen (secondary N) is 1. The number of carbonyl (C=O) groups is 2. The topological polar surface area (TPSA) is 64.6 Å². The number of carbonyl (C=O) groups excluding carboxylic acids is 2. The average molecular weight is 297 g/mol. The molecule has 0 atom stereocenters. The fraction of sp³-hybridized carbons (Fsp3) is 0.467. The second kappa shape index (κ2) is 7.06. The second-order valence-electron chi connectivity index (χ2n) is 5.21. The van der Waals surface area contributed by atoms with E-state index in [4.69, 9.17) is 9.47 Å². The van der Waals surface area contributed by atoms with Crippen LogP contribution in [0.15, 0.2) is 18.2 Å². The van der Waals surface area contributed by atoms with Crippen molar-refractivity contribution < 1.29 is 23.5 Å². The molecule has 1 aromatic rings. The highest BCUT2D eigenvalue weighted by Gasteiger charge is 2.19. The predicted molar refractivity (Wildman–Crippen MR) is 75.7 cm³/mol. The van der Waals surface area contributed by atoms with E-state index in [1.807, 2.05) is 20.8 Å². The quantitative estimate of drug-likeness (QED) is 0.818. The molecule has 0 fully saturated rings. The molecule has 0 saturated heterocycles. The Morgan fingerprint density at radius 1 is 1.33 bits per heavy atom. The number of hydrogen-bond acceptors (Lipinski definition) is 4. The molecule has 0 aliphatic carbocycles. The van der Waals surface area contributed by atoms with Gasteiger partial charge in [0.25, 0.3) is 5.91 Å². The maximum absolute atomic E-state index is 13.5. The molecule has 1 N–H and O–H groups in total. The minimum atomic E-state index is -0.763. The molecular weight excluding hydrogens is 277 g/mol. The molecule has 1 amide bonds. The molecule has 0 aliphatic heterocycles. The van der Waals surface area contributed by atoms with Gasteiger partial charge in [0.05, 0.1) is 12.7 Å². The lowest BCUT2D eigenvalue weighted by Crippen LogP contribution is -2.44. The van der Waals surface area contributed by atoms with E-state index >= 15 is 0 Å². The second-order valence-corrected chi connectivity index (χ2v) is 5.21. The molecule has 0 saturated carbocycles. The number of benzene rings is 1. The van der Waals surface area contributed by atoms with Gasteiger partial charge < -0.3 is 14.8 Å². The van der Waals surface area contributed by atoms with Crippen LogP contribution in [0.5, 0.6) is 5.75 Å². The molecule has 21 heavy (non-hydrogen) atoms. The first-order valence-electron chi connectivity index (χ1n) is 6.60. The molecule has 0 radical (unpaired) electrons. The van der Waals surface area contributed by atoms with Crippen molar-refractivity contribution >= 4 is 11.9 Å². The summed E-state index contributed by atoms with van der Waals surface area (Å²) in [4.78, 5) is 23.4. The van der Waals surface area contributed by atoms with Crippen molar-refractivity contribution in [2.75, 3.05) is 13.7 Å². The van der Waals surface area contributed by atoms with E-state index in [2.05, 4.69) is 5.32 Å². The SMILES string of the molecule is CCC(C)(C)NC(=O)COC(=O)c1ccc(OC)c(F)c1. The Morgan fingerprint density at radius 2 is 2.00 bits per heavy atom. The standard InChI is InChI=1S/C15H20FNO4/c1-5-15(2,3)17-13(18)9-21-14(19)10-6-7-12(20-4)11(16)8-10/h6-8H,5,9H2,1-4H3,(H,17,18). The van der Waals surface area contributed by atoms with E-state index in [-0.39, 0.29) is 16.9 Å². The Kier molecular flexibility index (Phi) is 5.69. The van der Waals surface area contributed by atoms with Gasteiger partial charge in [0.2, 0.25) is 0 Å². The molecule has 0 aliphatic rings. The van der Waals surface area contributed by atoms with Gasteiger partial charge in [0.15, 0.2) is 18.2 Å². The predicted octanol–water partition coefficient (Wildman–Crippen LogP) is 2.30. The Hall–Kier alpha value is -2.11. The summed E-state index contributed by atoms with van der Waals surface area (Å²) in [6.45, 7) is 5.26. The summed E-state index contributed by atoms with van der Waals surface area (Å²) in [5, 5.41) is 2.73. The van der Waals surface area contributed by atoms with Crippen LogP contribution >= 0.6 is 0 Å². The van der Waals surface area contributed by atoms with Gasteiger partial charge in [-0.15, -0.1) is 0 Å². The lowest BCUT2D eigenvalue weighted by atomic mass is 10.0. The van der Waals surface area contributed by atoms with Crippen molar-refractivity contribution in [1.82, 2.24) is 5.32 Å². The molecule has 0 aromatic heterocycles. The van der Waals surface area contributed by atoms with Crippen molar-refractivity contribution in [2.45, 2.75) is 32.7 Å². The minimum absolute atomic E-state index is 0.0239. The van der Waals surface area contributed by atoms with Crippen molar-refractivity contribution in [1.29, 1.82) is 0 Å². The molecule has 0 bridgehead atoms. The molecule has 1 rings (SSSR count). The lowest BCUT2D eigenvalue weighted by Gasteiger charge is -2.24. The summed E-state index contributed by atoms with van der Waals surface area (Å²) in [5.41, 5.74) is -0.341. The van der Waals surface area contributed by atoms with Crippen LogP contribution in [-0.4, -0.2) is 31.1 Å². The van der Waals surface area contributed by atoms with Crippen LogP contribution in [-0.2, 0) is 9.53 Å². The third-order valence-corrected chi connectivity index (χ3v) is 3.08. The van der Waals surface area contributed by atoms with E-state index in [1.165, 1.54) is 19.2 Å². The van der Waals surface area contributed by atoms with Crippen LogP contribution in [0.4, 0.5) is 4.39 Å². The van der Waals surface area contributed by atoms with Crippen molar-refractivity contribution in [3.8, 4) is 5.75 Å². The van der Waals surface area contributed by atoms with Gasteiger partial charge in [-0.25, -0.2) is 9.18 Å². The Morgan fingerprint density at radius 3 is 2.52 bits per heavy atom. The zero-order valence-electron chi connectivity index (χ0n) is 12.7. The van der Waals surface area contributed by atoms with Gasteiger partial charge in [-0.1, -0.05) is 6.92 Å². The minimum Gasteiger partial charge on any atom is -0.494 e. The summed E-state index contributed by atoms with van der Waals surface area (Å²) in [5.74, 6) is -1.79. The van der Waals surface area contributed by atoms with E-state index in [9.17, 15) is 14.0 Å². The van der Waals surface area contributed by atoms with Gasteiger partial charge in [0, 0.05) is 5.54 Å². The van der Waals surface area contributed by atoms with Crippen molar-refractivity contribution in [3.63, 3.8) is 0 Å². The summed E-state index contributed by atoms with van der Waals surface area (Å²) in [6.07, 6.45) is 0.746. The zero-order chi connectivity index (χ0) is 16.0. The lowest BCUT2D eigenvalue weighted by molar-refractivity contribution is -0.125. The highest BCUT2D eigenvalue weighted by atomic mass is 19.1. The molecule has 1 aromatic carbocycles. The van der Waals surface area contributed by atoms with Crippen LogP contribution in [0, 0.1) is 5.82 Å². The fourth-order valence-corrected chi connectivity index (χ4v) is 1.51. The summed E-state index contributed by atoms with van der Waals surface area (Å²) < 4.78 is 23.1. The summed E-state index contributed by atoms with van der Waals surface area (Å²) in [6, 6.07) is 3.71. The number of amides is 1. The van der Waals surface area contributed by atoms with Crippen molar-refractivity contribution in [3.05, 3.63) is 29.6 Å². The molecule has 0 heterocycles. The highest BCUT2D eigenvalue weighted by molar-refractivity contribution is 5.91. The molecule has 116 valence electrons. The van der Waals surface area contributed by atoms with Crippen LogP contribution < -0.4 is 10.1 Å². The number of hydrogen-bond donors (Lipinski definition) is 1. The van der Waals surface area contributed by atoms with E-state index < -0.39 is 24.3 Å². The normalized spacial score (nSPS) is 10.9. The number of halogens is 1. The first kappa shape index (κ1) is 16.9. The van der Waals surface area contributed by atoms with Gasteiger partial charge >= 0.3 is 5.97 Å². The Labute approximate surface area is 123 Å². The number of esters is 1. The zero-order valence-corrected chi connectivity index (χ0v) is 12.7. The maximum Gasteiger partial charge on any atom is 0.338 e. The smallest absolute Gasteiger partial charge is 0.338 e. The largest absolute Gasteiger partial charge is 0.494 e. The molecule has 0 unspecified atom stereocenters. The number of ether oxygens (including phenoxy) is 2. The van der Waals surface area contributed by atoms with Crippen LogP contribution in [0.25, 0.3) is 0 Å². The van der Waals surface area contributed by atoms with Crippen LogP contribution in [0.3, 0.4) is 0 Å². The fourth-order valence-electron chi connectivity index (χ4n) is 1.51. The molecular formula is C15H20FNO4. The monoisotopic (exact) mass is 297 g/mol. The van der Waals surface area contributed by atoms with Gasteiger partial charge in [0.1, 0.15) is 0 Å². The highest BCUT2D eigenvalue weighted by Crippen LogP contribution is 2.18. The van der Waals surface area contributed by atoms with Gasteiger partial charge in [-0.05, 0) is 38.5 Å². The van der Waals surface area contributed by atoms with E-state index in [0.29, 0.717) is 0 Å².